The standard InChI is InChI=1S/C19H23N3O3/c1-12-7-15(19(23)20-10-16-11-24-5-6-25-16)8-13-3-2-4-14-9-21-22-18(14)17(12)13/h7-9,16H,2-6,10-11H2,1H3,(H,20,23)(H,21,22)/t16-/m1/s1. The van der Waals surface area contributed by atoms with Crippen molar-refractivity contribution in [3.05, 3.63) is 40.6 Å². The molecule has 6 heteroatoms. The number of amides is 1. The zero-order chi connectivity index (χ0) is 17.2. The molecule has 2 heterocycles. The van der Waals surface area contributed by atoms with Crippen molar-refractivity contribution in [1.29, 1.82) is 0 Å². The Labute approximate surface area is 146 Å². The normalized spacial score (nSPS) is 19.6. The third-order valence-electron chi connectivity index (χ3n) is 4.91. The summed E-state index contributed by atoms with van der Waals surface area (Å²) in [5.74, 6) is -0.0610. The number of hydrogen-bond donors (Lipinski definition) is 2. The summed E-state index contributed by atoms with van der Waals surface area (Å²) in [5.41, 5.74) is 6.58. The molecule has 1 saturated heterocycles. The number of carbonyl (C=O) groups excluding carboxylic acids is 1. The lowest BCUT2D eigenvalue weighted by Crippen LogP contribution is -2.39. The largest absolute Gasteiger partial charge is 0.376 e. The molecule has 132 valence electrons. The van der Waals surface area contributed by atoms with Gasteiger partial charge in [-0.25, -0.2) is 0 Å². The fraction of sp³-hybridized carbons (Fsp3) is 0.474. The zero-order valence-corrected chi connectivity index (χ0v) is 14.4. The second-order valence-corrected chi connectivity index (χ2v) is 6.73. The Morgan fingerprint density at radius 2 is 2.20 bits per heavy atom. The number of fused-ring (bicyclic) bond motifs is 3. The number of nitrogens with zero attached hydrogens (tertiary/aromatic N) is 1. The maximum absolute atomic E-state index is 12.6. The summed E-state index contributed by atoms with van der Waals surface area (Å²) < 4.78 is 10.9. The zero-order valence-electron chi connectivity index (χ0n) is 14.4. The number of aryl methyl sites for hydroxylation is 3. The average molecular weight is 341 g/mol. The molecule has 6 nitrogen and oxygen atoms in total. The maximum Gasteiger partial charge on any atom is 0.251 e. The van der Waals surface area contributed by atoms with Crippen molar-refractivity contribution in [3.8, 4) is 11.3 Å². The highest BCUT2D eigenvalue weighted by Crippen LogP contribution is 2.34. The van der Waals surface area contributed by atoms with Crippen molar-refractivity contribution in [3.63, 3.8) is 0 Å². The topological polar surface area (TPSA) is 76.2 Å². The van der Waals surface area contributed by atoms with Crippen molar-refractivity contribution in [2.75, 3.05) is 26.4 Å². The number of nitrogens with one attached hydrogen (secondary N) is 2. The van der Waals surface area contributed by atoms with Crippen molar-refractivity contribution in [1.82, 2.24) is 15.5 Å². The van der Waals surface area contributed by atoms with E-state index in [0.29, 0.717) is 31.9 Å². The number of carbonyl (C=O) groups is 1. The van der Waals surface area contributed by atoms with E-state index < -0.39 is 0 Å². The molecule has 0 radical (unpaired) electrons. The number of hydrogen-bond acceptors (Lipinski definition) is 4. The highest BCUT2D eigenvalue weighted by Gasteiger charge is 2.21. The Balaban J connectivity index is 1.55. The summed E-state index contributed by atoms with van der Waals surface area (Å²) in [6, 6.07) is 3.98. The van der Waals surface area contributed by atoms with E-state index >= 15 is 0 Å². The first-order chi connectivity index (χ1) is 12.2. The van der Waals surface area contributed by atoms with Crippen LogP contribution in [0.2, 0.25) is 0 Å². The Kier molecular flexibility index (Phi) is 4.55. The van der Waals surface area contributed by atoms with Crippen molar-refractivity contribution >= 4 is 5.91 Å². The van der Waals surface area contributed by atoms with E-state index in [2.05, 4.69) is 22.4 Å². The molecule has 1 aromatic carbocycles. The van der Waals surface area contributed by atoms with Crippen molar-refractivity contribution in [2.45, 2.75) is 32.3 Å². The highest BCUT2D eigenvalue weighted by molar-refractivity contribution is 5.95. The van der Waals surface area contributed by atoms with Crippen LogP contribution in [0.15, 0.2) is 18.3 Å². The molecule has 2 N–H and O–H groups in total. The molecular weight excluding hydrogens is 318 g/mol. The second kappa shape index (κ2) is 6.98. The van der Waals surface area contributed by atoms with Crippen LogP contribution in [0.4, 0.5) is 0 Å². The molecule has 1 atom stereocenters. The molecule has 0 spiro atoms. The lowest BCUT2D eigenvalue weighted by Gasteiger charge is -2.23. The molecule has 1 amide bonds. The first kappa shape index (κ1) is 16.3. The average Bonchev–Trinajstić information content (AvgIpc) is 3.01. The molecule has 25 heavy (non-hydrogen) atoms. The quantitative estimate of drug-likeness (QED) is 0.895. The molecule has 0 unspecified atom stereocenters. The molecular formula is C19H23N3O3. The van der Waals surface area contributed by atoms with Crippen LogP contribution in [0.3, 0.4) is 0 Å². The van der Waals surface area contributed by atoms with Crippen LogP contribution in [0, 0.1) is 6.92 Å². The van der Waals surface area contributed by atoms with Gasteiger partial charge in [-0.3, -0.25) is 9.89 Å². The lowest BCUT2D eigenvalue weighted by atomic mass is 9.94. The van der Waals surface area contributed by atoms with Gasteiger partial charge in [-0.2, -0.15) is 5.10 Å². The van der Waals surface area contributed by atoms with Gasteiger partial charge in [0.2, 0.25) is 0 Å². The Bertz CT molecular complexity index is 778. The summed E-state index contributed by atoms with van der Waals surface area (Å²) in [4.78, 5) is 12.6. The van der Waals surface area contributed by atoms with Gasteiger partial charge in [0.15, 0.2) is 0 Å². The number of H-pyrrole nitrogens is 1. The number of rotatable bonds is 3. The van der Waals surface area contributed by atoms with E-state index in [9.17, 15) is 4.79 Å². The Morgan fingerprint density at radius 3 is 3.04 bits per heavy atom. The van der Waals surface area contributed by atoms with Gasteiger partial charge in [0.1, 0.15) is 0 Å². The Morgan fingerprint density at radius 1 is 1.32 bits per heavy atom. The second-order valence-electron chi connectivity index (χ2n) is 6.73. The fourth-order valence-electron chi connectivity index (χ4n) is 3.70. The van der Waals surface area contributed by atoms with Crippen LogP contribution in [0.5, 0.6) is 0 Å². The summed E-state index contributed by atoms with van der Waals surface area (Å²) in [6.07, 6.45) is 4.90. The minimum absolute atomic E-state index is 0.0610. The van der Waals surface area contributed by atoms with E-state index in [1.54, 1.807) is 0 Å². The summed E-state index contributed by atoms with van der Waals surface area (Å²) in [6.45, 7) is 4.28. The lowest BCUT2D eigenvalue weighted by molar-refractivity contribution is -0.0855. The van der Waals surface area contributed by atoms with Crippen molar-refractivity contribution in [2.24, 2.45) is 0 Å². The van der Waals surface area contributed by atoms with Gasteiger partial charge in [-0.05, 0) is 55.0 Å². The van der Waals surface area contributed by atoms with Crippen LogP contribution < -0.4 is 5.32 Å². The van der Waals surface area contributed by atoms with Crippen LogP contribution in [0.25, 0.3) is 11.3 Å². The van der Waals surface area contributed by atoms with E-state index in [0.717, 1.165) is 30.5 Å². The van der Waals surface area contributed by atoms with Gasteiger partial charge in [-0.1, -0.05) is 0 Å². The number of aromatic amines is 1. The summed E-state index contributed by atoms with van der Waals surface area (Å²) in [5, 5.41) is 10.3. The third kappa shape index (κ3) is 3.32. The van der Waals surface area contributed by atoms with Gasteiger partial charge < -0.3 is 14.8 Å². The molecule has 1 fully saturated rings. The van der Waals surface area contributed by atoms with Gasteiger partial charge in [0.05, 0.1) is 37.8 Å². The van der Waals surface area contributed by atoms with Crippen molar-refractivity contribution < 1.29 is 14.3 Å². The minimum Gasteiger partial charge on any atom is -0.376 e. The fourth-order valence-corrected chi connectivity index (χ4v) is 3.70. The molecule has 1 aliphatic carbocycles. The first-order valence-electron chi connectivity index (χ1n) is 8.86. The molecule has 0 bridgehead atoms. The van der Waals surface area contributed by atoms with E-state index in [1.807, 2.05) is 18.3 Å². The predicted octanol–water partition coefficient (Wildman–Crippen LogP) is 2.02. The predicted molar refractivity (Wildman–Crippen MR) is 93.7 cm³/mol. The van der Waals surface area contributed by atoms with Crippen LogP contribution in [-0.4, -0.2) is 48.6 Å². The molecule has 4 rings (SSSR count). The molecule has 1 aliphatic heterocycles. The highest BCUT2D eigenvalue weighted by atomic mass is 16.6. The summed E-state index contributed by atoms with van der Waals surface area (Å²) in [7, 11) is 0. The minimum atomic E-state index is -0.0628. The van der Waals surface area contributed by atoms with Crippen LogP contribution in [0.1, 0.15) is 33.5 Å². The van der Waals surface area contributed by atoms with Gasteiger partial charge >= 0.3 is 0 Å². The Hall–Kier alpha value is -2.18. The molecule has 0 saturated carbocycles. The first-order valence-corrected chi connectivity index (χ1v) is 8.86. The third-order valence-corrected chi connectivity index (χ3v) is 4.91. The monoisotopic (exact) mass is 341 g/mol. The number of benzene rings is 1. The van der Waals surface area contributed by atoms with Gasteiger partial charge in [0, 0.05) is 17.7 Å². The molecule has 2 aliphatic rings. The number of aromatic nitrogens is 2. The van der Waals surface area contributed by atoms with Crippen LogP contribution in [-0.2, 0) is 22.3 Å². The van der Waals surface area contributed by atoms with Gasteiger partial charge in [0.25, 0.3) is 5.91 Å². The SMILES string of the molecule is Cc1cc(C(=O)NC[C@@H]2COCCO2)cc2c1-c1[nH]ncc1CCC2. The van der Waals surface area contributed by atoms with Gasteiger partial charge in [-0.15, -0.1) is 0 Å². The summed E-state index contributed by atoms with van der Waals surface area (Å²) >= 11 is 0. The number of ether oxygens (including phenoxy) is 2. The molecule has 1 aromatic heterocycles. The molecule has 2 aromatic rings. The van der Waals surface area contributed by atoms with E-state index in [1.165, 1.54) is 16.7 Å². The maximum atomic E-state index is 12.6. The van der Waals surface area contributed by atoms with E-state index in [4.69, 9.17) is 9.47 Å². The van der Waals surface area contributed by atoms with Crippen LogP contribution >= 0.6 is 0 Å². The smallest absolute Gasteiger partial charge is 0.251 e. The van der Waals surface area contributed by atoms with E-state index in [-0.39, 0.29) is 12.0 Å².